The number of sulfonamides is 1. The summed E-state index contributed by atoms with van der Waals surface area (Å²) in [6.07, 6.45) is 7.93. The second-order valence-electron chi connectivity index (χ2n) is 9.97. The van der Waals surface area contributed by atoms with E-state index < -0.39 is 40.4 Å². The number of hydrogen-bond donors (Lipinski definition) is 3. The van der Waals surface area contributed by atoms with Crippen molar-refractivity contribution in [2.24, 2.45) is 0 Å². The maximum Gasteiger partial charge on any atom is 0.333 e. The first-order valence-electron chi connectivity index (χ1n) is 13.0. The number of urea groups is 2. The van der Waals surface area contributed by atoms with E-state index in [2.05, 4.69) is 21.8 Å². The van der Waals surface area contributed by atoms with E-state index in [1.54, 1.807) is 6.92 Å². The van der Waals surface area contributed by atoms with Crippen molar-refractivity contribution < 1.29 is 27.6 Å². The van der Waals surface area contributed by atoms with E-state index in [-0.39, 0.29) is 11.4 Å². The number of imide groups is 1. The molecule has 5 amide bonds. The van der Waals surface area contributed by atoms with Gasteiger partial charge in [-0.15, -0.1) is 0 Å². The Hall–Kier alpha value is -4.00. The van der Waals surface area contributed by atoms with Gasteiger partial charge in [-0.2, -0.15) is 5.10 Å². The van der Waals surface area contributed by atoms with Gasteiger partial charge in [0, 0.05) is 11.3 Å². The van der Waals surface area contributed by atoms with Crippen molar-refractivity contribution in [3.63, 3.8) is 0 Å². The number of nitrogens with zero attached hydrogens (tertiary/aromatic N) is 3. The van der Waals surface area contributed by atoms with Crippen LogP contribution < -0.4 is 15.4 Å². The van der Waals surface area contributed by atoms with E-state index in [1.807, 2.05) is 11.6 Å². The molecule has 39 heavy (non-hydrogen) atoms. The molecule has 0 bridgehead atoms. The molecule has 0 radical (unpaired) electrons. The number of benzene rings is 1. The quantitative estimate of drug-likeness (QED) is 0.494. The Bertz CT molecular complexity index is 1510. The van der Waals surface area contributed by atoms with Crippen LogP contribution in [0.25, 0.3) is 0 Å². The maximum atomic E-state index is 12.8. The van der Waals surface area contributed by atoms with E-state index in [0.29, 0.717) is 17.7 Å². The van der Waals surface area contributed by atoms with Crippen LogP contribution in [-0.2, 0) is 40.5 Å². The summed E-state index contributed by atoms with van der Waals surface area (Å²) in [5.74, 6) is -1.13. The third kappa shape index (κ3) is 5.05. The molecule has 0 spiro atoms. The van der Waals surface area contributed by atoms with Crippen molar-refractivity contribution in [2.75, 3.05) is 18.4 Å². The van der Waals surface area contributed by atoms with E-state index in [4.69, 9.17) is 0 Å². The predicted molar refractivity (Wildman–Crippen MR) is 141 cm³/mol. The van der Waals surface area contributed by atoms with Gasteiger partial charge < -0.3 is 10.6 Å². The Kier molecular flexibility index (Phi) is 7.02. The van der Waals surface area contributed by atoms with Crippen molar-refractivity contribution in [2.45, 2.75) is 63.7 Å². The summed E-state index contributed by atoms with van der Waals surface area (Å²) in [4.78, 5) is 50.7. The molecule has 2 aromatic rings. The summed E-state index contributed by atoms with van der Waals surface area (Å²) in [6.45, 7) is 3.23. The topological polar surface area (TPSA) is 160 Å². The van der Waals surface area contributed by atoms with Crippen LogP contribution in [0.2, 0.25) is 0 Å². The number of aryl methyl sites for hydroxylation is 2. The fourth-order valence-electron chi connectivity index (χ4n) is 5.56. The molecule has 3 N–H and O–H groups in total. The van der Waals surface area contributed by atoms with Gasteiger partial charge in [0.2, 0.25) is 0 Å². The van der Waals surface area contributed by atoms with E-state index in [0.717, 1.165) is 77.2 Å². The van der Waals surface area contributed by atoms with Crippen LogP contribution in [0.15, 0.2) is 34.5 Å². The van der Waals surface area contributed by atoms with Gasteiger partial charge in [-0.3, -0.25) is 14.5 Å². The van der Waals surface area contributed by atoms with Crippen molar-refractivity contribution in [1.29, 1.82) is 0 Å². The average molecular weight is 555 g/mol. The third-order valence-electron chi connectivity index (χ3n) is 7.47. The van der Waals surface area contributed by atoms with E-state index in [9.17, 15) is 27.6 Å². The Balaban J connectivity index is 1.20. The van der Waals surface area contributed by atoms with E-state index in [1.165, 1.54) is 11.1 Å². The highest BCUT2D eigenvalue weighted by Crippen LogP contribution is 2.38. The molecule has 2 aliphatic carbocycles. The van der Waals surface area contributed by atoms with Crippen molar-refractivity contribution in [3.8, 4) is 0 Å². The van der Waals surface area contributed by atoms with Crippen LogP contribution in [0.1, 0.15) is 60.2 Å². The second-order valence-corrected chi connectivity index (χ2v) is 11.7. The van der Waals surface area contributed by atoms with Gasteiger partial charge in [-0.1, -0.05) is 13.0 Å². The van der Waals surface area contributed by atoms with Gasteiger partial charge >= 0.3 is 12.1 Å². The molecule has 1 aliphatic heterocycles. The summed E-state index contributed by atoms with van der Waals surface area (Å²) in [6, 6.07) is 0.594. The highest BCUT2D eigenvalue weighted by Gasteiger charge is 2.32. The van der Waals surface area contributed by atoms with Crippen molar-refractivity contribution in [3.05, 3.63) is 51.9 Å². The minimum Gasteiger partial charge on any atom is -0.328 e. The zero-order chi connectivity index (χ0) is 27.9. The molecule has 1 aromatic carbocycles. The number of fused-ring (bicyclic) bond motifs is 2. The van der Waals surface area contributed by atoms with Gasteiger partial charge in [0.1, 0.15) is 11.4 Å². The van der Waals surface area contributed by atoms with Crippen LogP contribution in [0.3, 0.4) is 0 Å². The second kappa shape index (κ2) is 10.3. The largest absolute Gasteiger partial charge is 0.333 e. The summed E-state index contributed by atoms with van der Waals surface area (Å²) >= 11 is 0. The summed E-state index contributed by atoms with van der Waals surface area (Å²) in [7, 11) is -4.33. The fraction of sp³-hybridized carbons (Fsp3) is 0.423. The number of hydrogen-bond acceptors (Lipinski definition) is 7. The van der Waals surface area contributed by atoms with Crippen LogP contribution in [0.4, 0.5) is 15.3 Å². The van der Waals surface area contributed by atoms with Crippen LogP contribution in [-0.4, -0.2) is 60.1 Å². The lowest BCUT2D eigenvalue weighted by Gasteiger charge is -2.16. The Morgan fingerprint density at radius 3 is 2.33 bits per heavy atom. The lowest BCUT2D eigenvalue weighted by Crippen LogP contribution is -2.44. The Morgan fingerprint density at radius 1 is 1.05 bits per heavy atom. The summed E-state index contributed by atoms with van der Waals surface area (Å²) < 4.78 is 28.5. The molecule has 3 aliphatic rings. The third-order valence-corrected chi connectivity index (χ3v) is 8.75. The van der Waals surface area contributed by atoms with Crippen LogP contribution >= 0.6 is 0 Å². The predicted octanol–water partition coefficient (Wildman–Crippen LogP) is 2.29. The van der Waals surface area contributed by atoms with Gasteiger partial charge in [0.25, 0.3) is 21.8 Å². The zero-order valence-corrected chi connectivity index (χ0v) is 22.6. The molecule has 2 heterocycles. The molecule has 0 saturated carbocycles. The van der Waals surface area contributed by atoms with E-state index >= 15 is 0 Å². The molecule has 13 heteroatoms. The first kappa shape index (κ1) is 26.6. The lowest BCUT2D eigenvalue weighted by atomic mass is 9.99. The molecular weight excluding hydrogens is 524 g/mol. The maximum absolute atomic E-state index is 12.8. The first-order valence-corrected chi connectivity index (χ1v) is 14.4. The average Bonchev–Trinajstić information content (AvgIpc) is 3.68. The highest BCUT2D eigenvalue weighted by atomic mass is 32.2. The molecule has 206 valence electrons. The normalized spacial score (nSPS) is 16.4. The van der Waals surface area contributed by atoms with Gasteiger partial charge in [0.15, 0.2) is 0 Å². The molecule has 12 nitrogen and oxygen atoms in total. The van der Waals surface area contributed by atoms with Crippen molar-refractivity contribution in [1.82, 2.24) is 24.7 Å². The van der Waals surface area contributed by atoms with Crippen LogP contribution in [0.5, 0.6) is 0 Å². The molecule has 0 atom stereocenters. The minimum absolute atomic E-state index is 0.147. The number of rotatable bonds is 6. The zero-order valence-electron chi connectivity index (χ0n) is 21.8. The summed E-state index contributed by atoms with van der Waals surface area (Å²) in [5, 5.41) is 8.90. The van der Waals surface area contributed by atoms with Gasteiger partial charge in [-0.05, 0) is 79.7 Å². The number of amides is 5. The highest BCUT2D eigenvalue weighted by molar-refractivity contribution is 7.90. The summed E-state index contributed by atoms with van der Waals surface area (Å²) in [5.41, 5.74) is 6.60. The molecule has 0 fully saturated rings. The standard InChI is InChI=1S/C26H30N6O6S/c1-3-19-15(2)13-31(24(19)34)26(36)27-12-22(33)32-14-18(11-28-32)39(37,38)30-25(35)29-23-20-8-4-6-16(20)10-17-7-5-9-21(17)23/h10-11,14H,3-9,12-13H2,1-2H3,(H,27,36)(H2,29,30,35). The minimum atomic E-state index is -4.33. The monoisotopic (exact) mass is 554 g/mol. The Morgan fingerprint density at radius 2 is 1.72 bits per heavy atom. The lowest BCUT2D eigenvalue weighted by molar-refractivity contribution is -0.123. The number of carbonyl (C=O) groups excluding carboxylic acids is 4. The first-order chi connectivity index (χ1) is 18.6. The smallest absolute Gasteiger partial charge is 0.328 e. The van der Waals surface area contributed by atoms with Crippen molar-refractivity contribution >= 4 is 39.6 Å². The Labute approximate surface area is 225 Å². The number of anilines is 1. The molecule has 5 rings (SSSR count). The number of carbonyl (C=O) groups is 4. The van der Waals surface area contributed by atoms with Gasteiger partial charge in [-0.25, -0.2) is 27.4 Å². The van der Waals surface area contributed by atoms with Crippen LogP contribution in [0, 0.1) is 0 Å². The SMILES string of the molecule is CCC1=C(C)CN(C(=O)NCC(=O)n2cc(S(=O)(=O)NC(=O)Nc3c4c(cc5c3CCC5)CCC4)cn2)C1=O. The molecular formula is C26H30N6O6S. The molecule has 0 unspecified atom stereocenters. The molecule has 0 saturated heterocycles. The number of nitrogens with one attached hydrogen (secondary N) is 3. The fourth-order valence-corrected chi connectivity index (χ4v) is 6.40. The van der Waals surface area contributed by atoms with Gasteiger partial charge in [0.05, 0.1) is 18.9 Å². The molecule has 1 aromatic heterocycles. The number of aromatic nitrogens is 2.